The van der Waals surface area contributed by atoms with Gasteiger partial charge >= 0.3 is 0 Å². The number of amides is 1. The monoisotopic (exact) mass is 434 g/mol. The largest absolute Gasteiger partial charge is 0.503 e. The van der Waals surface area contributed by atoms with E-state index < -0.39 is 17.7 Å². The summed E-state index contributed by atoms with van der Waals surface area (Å²) in [6, 6.07) is 16.1. The molecule has 2 aromatic carbocycles. The summed E-state index contributed by atoms with van der Waals surface area (Å²) in [5.41, 5.74) is 1.73. The normalized spacial score (nSPS) is 16.4. The fraction of sp³-hybridized carbons (Fsp3) is 0.308. The van der Waals surface area contributed by atoms with E-state index in [-0.39, 0.29) is 11.4 Å². The van der Waals surface area contributed by atoms with Gasteiger partial charge in [0.2, 0.25) is 0 Å². The standard InChI is InChI=1S/C26H30N2O4/c1-4-32-21-14-12-20(13-15-21)24-23(22(29)16-11-19-9-6-5-7-10-19)25(30)26(31)28(24)18-8-17-27(2)3/h5-7,9-16,24,30H,4,8,17-18H2,1-3H3. The molecule has 1 N–H and O–H groups in total. The van der Waals surface area contributed by atoms with Gasteiger partial charge in [-0.3, -0.25) is 9.59 Å². The van der Waals surface area contributed by atoms with Gasteiger partial charge in [0.05, 0.1) is 18.2 Å². The van der Waals surface area contributed by atoms with Crippen LogP contribution in [0, 0.1) is 0 Å². The number of carbonyl (C=O) groups is 2. The lowest BCUT2D eigenvalue weighted by atomic mass is 9.95. The molecular weight excluding hydrogens is 404 g/mol. The van der Waals surface area contributed by atoms with E-state index in [0.717, 1.165) is 24.1 Å². The molecule has 1 aliphatic rings. The Morgan fingerprint density at radius 2 is 1.81 bits per heavy atom. The molecule has 168 valence electrons. The third-order valence-corrected chi connectivity index (χ3v) is 5.31. The molecule has 2 aromatic rings. The number of allylic oxidation sites excluding steroid dienone is 1. The van der Waals surface area contributed by atoms with Crippen LogP contribution in [-0.2, 0) is 9.59 Å². The molecule has 0 radical (unpaired) electrons. The molecule has 6 heteroatoms. The van der Waals surface area contributed by atoms with Crippen LogP contribution in [0.5, 0.6) is 5.75 Å². The Balaban J connectivity index is 1.93. The first-order valence-electron chi connectivity index (χ1n) is 10.8. The van der Waals surface area contributed by atoms with E-state index in [1.807, 2.05) is 80.5 Å². The van der Waals surface area contributed by atoms with Crippen molar-refractivity contribution in [3.63, 3.8) is 0 Å². The molecule has 1 heterocycles. The van der Waals surface area contributed by atoms with Crippen LogP contribution in [0.25, 0.3) is 6.08 Å². The van der Waals surface area contributed by atoms with Gasteiger partial charge in [0.1, 0.15) is 5.75 Å². The molecule has 0 fully saturated rings. The summed E-state index contributed by atoms with van der Waals surface area (Å²) >= 11 is 0. The van der Waals surface area contributed by atoms with Crippen LogP contribution in [0.15, 0.2) is 72.0 Å². The molecule has 6 nitrogen and oxygen atoms in total. The van der Waals surface area contributed by atoms with E-state index in [1.165, 1.54) is 6.08 Å². The van der Waals surface area contributed by atoms with Crippen molar-refractivity contribution in [3.05, 3.63) is 83.1 Å². The summed E-state index contributed by atoms with van der Waals surface area (Å²) in [6.45, 7) is 3.68. The number of rotatable bonds is 10. The van der Waals surface area contributed by atoms with Crippen molar-refractivity contribution in [2.24, 2.45) is 0 Å². The Morgan fingerprint density at radius 3 is 2.44 bits per heavy atom. The summed E-state index contributed by atoms with van der Waals surface area (Å²) in [6.07, 6.45) is 3.83. The topological polar surface area (TPSA) is 70.1 Å². The van der Waals surface area contributed by atoms with Crippen LogP contribution in [0.1, 0.15) is 30.5 Å². The molecular formula is C26H30N2O4. The quantitative estimate of drug-likeness (QED) is 0.572. The number of hydrogen-bond acceptors (Lipinski definition) is 5. The van der Waals surface area contributed by atoms with Gasteiger partial charge in [-0.05, 0) is 63.3 Å². The zero-order chi connectivity index (χ0) is 23.1. The van der Waals surface area contributed by atoms with Crippen molar-refractivity contribution >= 4 is 17.8 Å². The lowest BCUT2D eigenvalue weighted by molar-refractivity contribution is -0.129. The van der Waals surface area contributed by atoms with E-state index in [4.69, 9.17) is 4.74 Å². The maximum absolute atomic E-state index is 13.1. The number of ketones is 1. The summed E-state index contributed by atoms with van der Waals surface area (Å²) in [7, 11) is 3.93. The fourth-order valence-corrected chi connectivity index (χ4v) is 3.78. The maximum atomic E-state index is 13.1. The van der Waals surface area contributed by atoms with Crippen LogP contribution in [0.2, 0.25) is 0 Å². The van der Waals surface area contributed by atoms with E-state index in [0.29, 0.717) is 18.9 Å². The van der Waals surface area contributed by atoms with Gasteiger partial charge in [0.25, 0.3) is 5.91 Å². The SMILES string of the molecule is CCOc1ccc(C2C(C(=O)C=Cc3ccccc3)=C(O)C(=O)N2CCCN(C)C)cc1. The summed E-state index contributed by atoms with van der Waals surface area (Å²) in [5.74, 6) is -0.658. The van der Waals surface area contributed by atoms with Gasteiger partial charge in [0.15, 0.2) is 11.5 Å². The molecule has 1 amide bonds. The molecule has 0 spiro atoms. The second-order valence-corrected chi connectivity index (χ2v) is 7.93. The highest BCUT2D eigenvalue weighted by molar-refractivity contribution is 6.14. The number of aliphatic hydroxyl groups excluding tert-OH is 1. The van der Waals surface area contributed by atoms with Crippen molar-refractivity contribution in [1.82, 2.24) is 9.80 Å². The van der Waals surface area contributed by atoms with Crippen LogP contribution in [-0.4, -0.2) is 60.4 Å². The van der Waals surface area contributed by atoms with Gasteiger partial charge in [-0.1, -0.05) is 48.5 Å². The molecule has 0 aliphatic carbocycles. The Kier molecular flexibility index (Phi) is 7.84. The smallest absolute Gasteiger partial charge is 0.290 e. The summed E-state index contributed by atoms with van der Waals surface area (Å²) in [4.78, 5) is 29.7. The second kappa shape index (κ2) is 10.8. The van der Waals surface area contributed by atoms with E-state index in [1.54, 1.807) is 11.0 Å². The highest BCUT2D eigenvalue weighted by Gasteiger charge is 2.42. The van der Waals surface area contributed by atoms with E-state index >= 15 is 0 Å². The molecule has 32 heavy (non-hydrogen) atoms. The van der Waals surface area contributed by atoms with Gasteiger partial charge in [-0.2, -0.15) is 0 Å². The lowest BCUT2D eigenvalue weighted by Crippen LogP contribution is -2.33. The first-order chi connectivity index (χ1) is 15.4. The van der Waals surface area contributed by atoms with Gasteiger partial charge in [0, 0.05) is 6.54 Å². The average Bonchev–Trinajstić information content (AvgIpc) is 3.04. The highest BCUT2D eigenvalue weighted by Crippen LogP contribution is 2.38. The molecule has 0 saturated carbocycles. The minimum absolute atomic E-state index is 0.108. The van der Waals surface area contributed by atoms with Crippen molar-refractivity contribution in [1.29, 1.82) is 0 Å². The Morgan fingerprint density at radius 1 is 1.12 bits per heavy atom. The van der Waals surface area contributed by atoms with Gasteiger partial charge in [-0.15, -0.1) is 0 Å². The zero-order valence-electron chi connectivity index (χ0n) is 18.8. The zero-order valence-corrected chi connectivity index (χ0v) is 18.8. The Labute approximate surface area is 189 Å². The number of carbonyl (C=O) groups excluding carboxylic acids is 2. The number of benzene rings is 2. The number of aliphatic hydroxyl groups is 1. The molecule has 0 bridgehead atoms. The highest BCUT2D eigenvalue weighted by atomic mass is 16.5. The van der Waals surface area contributed by atoms with Crippen molar-refractivity contribution in [3.8, 4) is 5.75 Å². The number of hydrogen-bond donors (Lipinski definition) is 1. The Bertz CT molecular complexity index is 994. The molecule has 1 atom stereocenters. The van der Waals surface area contributed by atoms with Gasteiger partial charge < -0.3 is 19.6 Å². The third kappa shape index (κ3) is 5.45. The molecule has 1 aliphatic heterocycles. The van der Waals surface area contributed by atoms with Crippen molar-refractivity contribution in [2.75, 3.05) is 33.8 Å². The van der Waals surface area contributed by atoms with E-state index in [9.17, 15) is 14.7 Å². The van der Waals surface area contributed by atoms with Crippen molar-refractivity contribution < 1.29 is 19.4 Å². The second-order valence-electron chi connectivity index (χ2n) is 7.93. The van der Waals surface area contributed by atoms with Crippen LogP contribution < -0.4 is 4.74 Å². The Hall–Kier alpha value is -3.38. The number of ether oxygens (including phenoxy) is 1. The van der Waals surface area contributed by atoms with Crippen LogP contribution in [0.4, 0.5) is 0 Å². The predicted molar refractivity (Wildman–Crippen MR) is 125 cm³/mol. The van der Waals surface area contributed by atoms with Gasteiger partial charge in [-0.25, -0.2) is 0 Å². The summed E-state index contributed by atoms with van der Waals surface area (Å²) < 4.78 is 5.52. The van der Waals surface area contributed by atoms with E-state index in [2.05, 4.69) is 0 Å². The lowest BCUT2D eigenvalue weighted by Gasteiger charge is -2.27. The first kappa shape index (κ1) is 23.3. The maximum Gasteiger partial charge on any atom is 0.290 e. The minimum atomic E-state index is -0.645. The molecule has 0 saturated heterocycles. The average molecular weight is 435 g/mol. The third-order valence-electron chi connectivity index (χ3n) is 5.31. The first-order valence-corrected chi connectivity index (χ1v) is 10.8. The molecule has 0 aromatic heterocycles. The predicted octanol–water partition coefficient (Wildman–Crippen LogP) is 4.01. The van der Waals surface area contributed by atoms with Crippen LogP contribution in [0.3, 0.4) is 0 Å². The molecule has 1 unspecified atom stereocenters. The number of nitrogens with zero attached hydrogens (tertiary/aromatic N) is 2. The molecule has 3 rings (SSSR count). The van der Waals surface area contributed by atoms with Crippen LogP contribution >= 0.6 is 0 Å². The fourth-order valence-electron chi connectivity index (χ4n) is 3.78. The summed E-state index contributed by atoms with van der Waals surface area (Å²) in [5, 5.41) is 10.7. The van der Waals surface area contributed by atoms with Crippen molar-refractivity contribution in [2.45, 2.75) is 19.4 Å². The minimum Gasteiger partial charge on any atom is -0.503 e.